The minimum Gasteiger partial charge on any atom is -0.444 e. The van der Waals surface area contributed by atoms with Crippen molar-refractivity contribution in [2.24, 2.45) is 11.3 Å². The van der Waals surface area contributed by atoms with Crippen LogP contribution in [0.2, 0.25) is 0 Å². The Kier molecular flexibility index (Phi) is 7.39. The normalized spacial score (nSPS) is 21.6. The van der Waals surface area contributed by atoms with E-state index in [1.54, 1.807) is 4.90 Å². The number of carbonyl (C=O) groups excluding carboxylic acids is 1. The summed E-state index contributed by atoms with van der Waals surface area (Å²) in [5.41, 5.74) is 1.82. The van der Waals surface area contributed by atoms with Crippen molar-refractivity contribution in [2.75, 3.05) is 13.1 Å². The molecule has 1 unspecified atom stereocenters. The van der Waals surface area contributed by atoms with Crippen molar-refractivity contribution in [1.29, 1.82) is 0 Å². The molecule has 0 saturated carbocycles. The van der Waals surface area contributed by atoms with E-state index >= 15 is 0 Å². The fourth-order valence-electron chi connectivity index (χ4n) is 3.21. The topological polar surface area (TPSA) is 41.6 Å². The predicted molar refractivity (Wildman–Crippen MR) is 109 cm³/mol. The van der Waals surface area contributed by atoms with Crippen LogP contribution in [-0.4, -0.2) is 35.7 Å². The van der Waals surface area contributed by atoms with E-state index in [0.29, 0.717) is 13.1 Å². The average molecular weight is 367 g/mol. The van der Waals surface area contributed by atoms with Gasteiger partial charge in [0.2, 0.25) is 0 Å². The molecule has 1 aliphatic carbocycles. The summed E-state index contributed by atoms with van der Waals surface area (Å²) in [7, 11) is 0. The van der Waals surface area contributed by atoms with Gasteiger partial charge < -0.3 is 9.64 Å². The average Bonchev–Trinajstić information content (AvgIpc) is 2.76. The second-order valence-corrected chi connectivity index (χ2v) is 8.82. The van der Waals surface area contributed by atoms with Gasteiger partial charge in [-0.1, -0.05) is 58.9 Å². The van der Waals surface area contributed by atoms with E-state index < -0.39 is 5.60 Å². The Labute approximate surface area is 158 Å². The minimum atomic E-state index is -0.465. The van der Waals surface area contributed by atoms with Gasteiger partial charge in [0, 0.05) is 18.5 Å². The number of nitrogens with one attached hydrogen (secondary N) is 1. The molecule has 5 heteroatoms. The number of ether oxygens (including phenoxy) is 1. The monoisotopic (exact) mass is 366 g/mol. The molecule has 25 heavy (non-hydrogen) atoms. The van der Waals surface area contributed by atoms with Crippen LogP contribution in [-0.2, 0) is 4.74 Å². The van der Waals surface area contributed by atoms with E-state index in [2.05, 4.69) is 51.5 Å². The summed E-state index contributed by atoms with van der Waals surface area (Å²) >= 11 is 4.26. The zero-order valence-electron chi connectivity index (χ0n) is 16.6. The van der Waals surface area contributed by atoms with Gasteiger partial charge in [0.05, 0.1) is 6.04 Å². The lowest BCUT2D eigenvalue weighted by molar-refractivity contribution is -0.0369. The highest BCUT2D eigenvalue weighted by Gasteiger charge is 2.55. The third kappa shape index (κ3) is 5.38. The maximum atomic E-state index is 12.1. The smallest absolute Gasteiger partial charge is 0.410 e. The first kappa shape index (κ1) is 21.8. The fourth-order valence-corrected chi connectivity index (χ4v) is 3.62. The first-order valence-electron chi connectivity index (χ1n) is 8.85. The lowest BCUT2D eigenvalue weighted by Gasteiger charge is -2.51. The number of likely N-dealkylation sites (tertiary alicyclic amines) is 1. The first-order valence-corrected chi connectivity index (χ1v) is 9.30. The molecule has 0 aromatic rings. The van der Waals surface area contributed by atoms with Gasteiger partial charge in [0.1, 0.15) is 5.60 Å². The first-order chi connectivity index (χ1) is 11.5. The second-order valence-electron chi connectivity index (χ2n) is 8.56. The lowest BCUT2D eigenvalue weighted by atomic mass is 9.73. The van der Waals surface area contributed by atoms with Crippen LogP contribution < -0.4 is 4.72 Å². The van der Waals surface area contributed by atoms with Crippen molar-refractivity contribution in [2.45, 2.75) is 59.6 Å². The molecule has 1 aliphatic heterocycles. The van der Waals surface area contributed by atoms with Crippen LogP contribution in [0.4, 0.5) is 4.79 Å². The largest absolute Gasteiger partial charge is 0.444 e. The predicted octanol–water partition coefficient (Wildman–Crippen LogP) is 4.76. The van der Waals surface area contributed by atoms with E-state index in [4.69, 9.17) is 4.74 Å². The highest BCUT2D eigenvalue weighted by Crippen LogP contribution is 2.49. The van der Waals surface area contributed by atoms with Crippen molar-refractivity contribution < 1.29 is 9.53 Å². The zero-order chi connectivity index (χ0) is 19.4. The molecule has 1 spiro atoms. The number of allylic oxidation sites excluding steroid dienone is 2. The van der Waals surface area contributed by atoms with Gasteiger partial charge in [-0.3, -0.25) is 4.72 Å². The van der Waals surface area contributed by atoms with Gasteiger partial charge >= 0.3 is 6.09 Å². The minimum absolute atomic E-state index is 0.0221. The highest BCUT2D eigenvalue weighted by molar-refractivity contribution is 7.78. The quantitative estimate of drug-likeness (QED) is 0.708. The Hall–Kier alpha value is -1.20. The molecule has 1 heterocycles. The summed E-state index contributed by atoms with van der Waals surface area (Å²) in [6.07, 6.45) is 4.36. The van der Waals surface area contributed by atoms with E-state index in [-0.39, 0.29) is 17.6 Å². The van der Waals surface area contributed by atoms with Gasteiger partial charge in [0.15, 0.2) is 0 Å². The number of hydrogen-bond acceptors (Lipinski definition) is 4. The van der Waals surface area contributed by atoms with Crippen LogP contribution in [0.15, 0.2) is 36.5 Å². The van der Waals surface area contributed by atoms with Crippen LogP contribution in [0.1, 0.15) is 48.0 Å². The molecule has 1 fully saturated rings. The lowest BCUT2D eigenvalue weighted by Crippen LogP contribution is -2.64. The molecule has 2 aliphatic rings. The molecule has 0 radical (unpaired) electrons. The molecule has 0 aromatic heterocycles. The van der Waals surface area contributed by atoms with Crippen molar-refractivity contribution in [3.05, 3.63) is 36.5 Å². The summed E-state index contributed by atoms with van der Waals surface area (Å²) in [4.78, 5) is 13.8. The number of nitrogens with zero attached hydrogens (tertiary/aromatic N) is 1. The van der Waals surface area contributed by atoms with E-state index in [0.717, 1.165) is 17.9 Å². The molecular formula is C20H34N2O2S. The summed E-state index contributed by atoms with van der Waals surface area (Å²) in [6, 6.07) is 0.0880. The zero-order valence-corrected chi connectivity index (χ0v) is 17.5. The fraction of sp³-hybridized carbons (Fsp3) is 0.650. The summed E-state index contributed by atoms with van der Waals surface area (Å²) < 4.78 is 8.48. The standard InChI is InChI=1S/C16H24N2O2S.C4H10/c1-6-11-8-16(13(17-21)12(11)7-2)9-18(10-16)14(19)20-15(3,4)5;1-4(2)3/h6-7,13,17,21H,1-2,8-10H2,3-5H3;4H,1-3H3. The van der Waals surface area contributed by atoms with Gasteiger partial charge in [-0.25, -0.2) is 4.79 Å². The number of carbonyl (C=O) groups is 1. The van der Waals surface area contributed by atoms with Crippen LogP contribution in [0.5, 0.6) is 0 Å². The maximum Gasteiger partial charge on any atom is 0.410 e. The number of rotatable bonds is 3. The Bertz CT molecular complexity index is 538. The van der Waals surface area contributed by atoms with Crippen LogP contribution in [0, 0.1) is 11.3 Å². The Morgan fingerprint density at radius 2 is 1.84 bits per heavy atom. The summed E-state index contributed by atoms with van der Waals surface area (Å²) in [5, 5.41) is 0. The number of amides is 1. The van der Waals surface area contributed by atoms with Crippen molar-refractivity contribution >= 4 is 18.9 Å². The molecule has 0 bridgehead atoms. The third-order valence-electron chi connectivity index (χ3n) is 4.10. The Morgan fingerprint density at radius 1 is 1.32 bits per heavy atom. The van der Waals surface area contributed by atoms with Crippen molar-refractivity contribution in [3.63, 3.8) is 0 Å². The van der Waals surface area contributed by atoms with E-state index in [1.165, 1.54) is 5.57 Å². The number of thiol groups is 1. The third-order valence-corrected chi connectivity index (χ3v) is 4.35. The van der Waals surface area contributed by atoms with Crippen LogP contribution in [0.25, 0.3) is 0 Å². The van der Waals surface area contributed by atoms with E-state index in [9.17, 15) is 4.79 Å². The molecule has 1 N–H and O–H groups in total. The molecular weight excluding hydrogens is 332 g/mol. The second kappa shape index (κ2) is 8.45. The van der Waals surface area contributed by atoms with Crippen molar-refractivity contribution in [1.82, 2.24) is 9.62 Å². The molecule has 1 amide bonds. The Balaban J connectivity index is 0.000000705. The van der Waals surface area contributed by atoms with Gasteiger partial charge in [0.25, 0.3) is 0 Å². The van der Waals surface area contributed by atoms with Gasteiger partial charge in [-0.2, -0.15) is 0 Å². The van der Waals surface area contributed by atoms with Crippen molar-refractivity contribution in [3.8, 4) is 0 Å². The number of hydrogen-bond donors (Lipinski definition) is 2. The SMILES string of the molecule is C=CC1=C(C=C)C(NS)C2(C1)CN(C(=O)OC(C)(C)C)C2.CC(C)C. The molecule has 1 saturated heterocycles. The Morgan fingerprint density at radius 3 is 2.20 bits per heavy atom. The summed E-state index contributed by atoms with van der Waals surface area (Å²) in [6.45, 7) is 21.2. The highest BCUT2D eigenvalue weighted by atomic mass is 32.1. The van der Waals surface area contributed by atoms with Gasteiger partial charge in [-0.15, -0.1) is 0 Å². The molecule has 0 aromatic carbocycles. The van der Waals surface area contributed by atoms with Gasteiger partial charge in [-0.05, 0) is 44.3 Å². The molecule has 142 valence electrons. The van der Waals surface area contributed by atoms with Crippen LogP contribution in [0.3, 0.4) is 0 Å². The summed E-state index contributed by atoms with van der Waals surface area (Å²) in [5.74, 6) is 0.833. The maximum absolute atomic E-state index is 12.1. The molecule has 1 atom stereocenters. The molecule has 2 rings (SSSR count). The van der Waals surface area contributed by atoms with Crippen LogP contribution >= 0.6 is 12.8 Å². The van der Waals surface area contributed by atoms with E-state index in [1.807, 2.05) is 32.9 Å². The molecule has 4 nitrogen and oxygen atoms in total.